The number of aromatic nitrogens is 2. The largest absolute Gasteiger partial charge is 0.481 e. The molecule has 6 heterocycles. The number of carbonyl (C=O) groups is 4. The number of nitrogens with one attached hydrogen (secondary N) is 3. The summed E-state index contributed by atoms with van der Waals surface area (Å²) in [5.41, 5.74) is 11.7. The zero-order chi connectivity index (χ0) is 45.1. The second-order valence-electron chi connectivity index (χ2n) is 16.7. The molecule has 6 N–H and O–H groups in total. The molecule has 0 bridgehead atoms. The number of anilines is 2. The molecule has 0 saturated carbocycles. The summed E-state index contributed by atoms with van der Waals surface area (Å²) >= 11 is 0. The first-order valence-corrected chi connectivity index (χ1v) is 22.5. The van der Waals surface area contributed by atoms with Crippen LogP contribution < -0.4 is 22.0 Å². The molecule has 0 spiro atoms. The quantitative estimate of drug-likeness (QED) is 0.0800. The summed E-state index contributed by atoms with van der Waals surface area (Å²) in [7, 11) is 0. The van der Waals surface area contributed by atoms with Crippen molar-refractivity contribution in [2.45, 2.75) is 103 Å². The Morgan fingerprint density at radius 1 is 0.631 bits per heavy atom. The fraction of sp³-hybridized carbons (Fsp3) is 0.360. The Morgan fingerprint density at radius 3 is 1.57 bits per heavy atom. The van der Waals surface area contributed by atoms with E-state index in [9.17, 15) is 19.2 Å². The van der Waals surface area contributed by atoms with E-state index < -0.39 is 5.97 Å². The second-order valence-corrected chi connectivity index (χ2v) is 16.7. The van der Waals surface area contributed by atoms with Gasteiger partial charge in [-0.3, -0.25) is 24.0 Å². The van der Waals surface area contributed by atoms with Crippen molar-refractivity contribution in [2.75, 3.05) is 23.8 Å². The summed E-state index contributed by atoms with van der Waals surface area (Å²) in [5, 5.41) is 16.7. The lowest BCUT2D eigenvalue weighted by atomic mass is 10.0. The van der Waals surface area contributed by atoms with E-state index in [1.54, 1.807) is 24.3 Å². The number of benzene rings is 4. The molecule has 6 aromatic rings. The highest BCUT2D eigenvalue weighted by atomic mass is 16.8. The Bertz CT molecular complexity index is 2610. The minimum atomic E-state index is -0.870. The van der Waals surface area contributed by atoms with Crippen molar-refractivity contribution in [3.05, 3.63) is 131 Å². The van der Waals surface area contributed by atoms with Crippen LogP contribution in [0, 0.1) is 0 Å². The maximum atomic E-state index is 13.0. The minimum absolute atomic E-state index is 0.0233. The topological polar surface area (TPSA) is 197 Å². The lowest BCUT2D eigenvalue weighted by Gasteiger charge is -2.22. The minimum Gasteiger partial charge on any atom is -0.481 e. The number of hydrogen-bond acceptors (Lipinski definition) is 9. The van der Waals surface area contributed by atoms with Crippen molar-refractivity contribution in [1.82, 2.24) is 14.6 Å². The SMILES string of the molecule is NOC1CCCCO1.O=C(Cc1ccc(NC(=O)c2cn3c4c(cccc24)CCC3)cc1)NOC1CCCCO1.O=C(O)Cc1ccc(NC(=O)c2cn3c4c(cccc24)CCC3)cc1. The molecule has 15 heteroatoms. The van der Waals surface area contributed by atoms with E-state index in [4.69, 9.17) is 25.3 Å². The number of rotatable bonds is 11. The molecule has 340 valence electrons. The average molecular weight is 885 g/mol. The van der Waals surface area contributed by atoms with Crippen LogP contribution in [0.25, 0.3) is 21.8 Å². The van der Waals surface area contributed by atoms with Crippen molar-refractivity contribution in [2.24, 2.45) is 5.90 Å². The van der Waals surface area contributed by atoms with Gasteiger partial charge in [-0.2, -0.15) is 0 Å². The zero-order valence-electron chi connectivity index (χ0n) is 36.4. The number of nitrogens with zero attached hydrogens (tertiary/aromatic N) is 2. The summed E-state index contributed by atoms with van der Waals surface area (Å²) in [4.78, 5) is 58.4. The van der Waals surface area contributed by atoms with Gasteiger partial charge in [0.05, 0.1) is 35.0 Å². The van der Waals surface area contributed by atoms with Crippen LogP contribution in [0.2, 0.25) is 0 Å². The molecule has 0 aliphatic carbocycles. The van der Waals surface area contributed by atoms with E-state index in [2.05, 4.69) is 42.2 Å². The van der Waals surface area contributed by atoms with Gasteiger partial charge in [-0.25, -0.2) is 16.2 Å². The summed E-state index contributed by atoms with van der Waals surface area (Å²) in [6.45, 7) is 3.33. The predicted octanol–water partition coefficient (Wildman–Crippen LogP) is 7.83. The molecule has 4 aromatic carbocycles. The summed E-state index contributed by atoms with van der Waals surface area (Å²) < 4.78 is 14.9. The van der Waals surface area contributed by atoms with Gasteiger partial charge < -0.3 is 34.3 Å². The normalized spacial score (nSPS) is 17.5. The first-order valence-electron chi connectivity index (χ1n) is 22.5. The van der Waals surface area contributed by atoms with E-state index in [1.807, 2.05) is 60.9 Å². The molecule has 2 fully saturated rings. The smallest absolute Gasteiger partial charge is 0.307 e. The fourth-order valence-electron chi connectivity index (χ4n) is 8.83. The molecule has 0 radical (unpaired) electrons. The van der Waals surface area contributed by atoms with Crippen LogP contribution in [-0.4, -0.2) is 63.7 Å². The zero-order valence-corrected chi connectivity index (χ0v) is 36.4. The van der Waals surface area contributed by atoms with Gasteiger partial charge >= 0.3 is 5.97 Å². The van der Waals surface area contributed by atoms with Crippen LogP contribution in [0.1, 0.15) is 94.3 Å². The summed E-state index contributed by atoms with van der Waals surface area (Å²) in [5.74, 6) is 3.51. The molecule has 2 atom stereocenters. The van der Waals surface area contributed by atoms with Gasteiger partial charge in [0.2, 0.25) is 5.91 Å². The number of carbonyl (C=O) groups excluding carboxylic acids is 3. The van der Waals surface area contributed by atoms with Crippen molar-refractivity contribution in [3.8, 4) is 0 Å². The highest BCUT2D eigenvalue weighted by Crippen LogP contribution is 2.31. The number of aliphatic carboxylic acids is 1. The first-order chi connectivity index (χ1) is 31.7. The predicted molar refractivity (Wildman–Crippen MR) is 246 cm³/mol. The van der Waals surface area contributed by atoms with E-state index in [-0.39, 0.29) is 43.1 Å². The highest BCUT2D eigenvalue weighted by molar-refractivity contribution is 6.14. The molecule has 10 rings (SSSR count). The molecule has 2 unspecified atom stereocenters. The lowest BCUT2D eigenvalue weighted by Crippen LogP contribution is -2.33. The molecule has 65 heavy (non-hydrogen) atoms. The molecule has 2 aromatic heterocycles. The van der Waals surface area contributed by atoms with E-state index in [0.29, 0.717) is 34.7 Å². The molecule has 4 aliphatic heterocycles. The Kier molecular flexibility index (Phi) is 15.0. The van der Waals surface area contributed by atoms with E-state index >= 15 is 0 Å². The van der Waals surface area contributed by atoms with Crippen molar-refractivity contribution < 1.29 is 43.4 Å². The number of carboxylic acid groups (broad SMARTS) is 1. The summed E-state index contributed by atoms with van der Waals surface area (Å²) in [6, 6.07) is 26.5. The monoisotopic (exact) mass is 884 g/mol. The van der Waals surface area contributed by atoms with Crippen molar-refractivity contribution in [1.29, 1.82) is 0 Å². The van der Waals surface area contributed by atoms with Crippen LogP contribution in [0.4, 0.5) is 11.4 Å². The average Bonchev–Trinajstić information content (AvgIpc) is 3.92. The molecular weight excluding hydrogens is 829 g/mol. The third-order valence-corrected chi connectivity index (χ3v) is 12.0. The first kappa shape index (κ1) is 45.2. The molecule has 15 nitrogen and oxygen atoms in total. The highest BCUT2D eigenvalue weighted by Gasteiger charge is 2.22. The Hall–Kier alpha value is -6.36. The van der Waals surface area contributed by atoms with Crippen LogP contribution in [-0.2, 0) is 67.5 Å². The van der Waals surface area contributed by atoms with Gasteiger partial charge in [0.25, 0.3) is 11.8 Å². The van der Waals surface area contributed by atoms with Crippen molar-refractivity contribution in [3.63, 3.8) is 0 Å². The van der Waals surface area contributed by atoms with Gasteiger partial charge in [0.1, 0.15) is 0 Å². The number of ether oxygens (including phenoxy) is 2. The molecular formula is C50H56N6O9. The Morgan fingerprint density at radius 2 is 1.12 bits per heavy atom. The molecule has 2 saturated heterocycles. The lowest BCUT2D eigenvalue weighted by molar-refractivity contribution is -0.200. The fourth-order valence-corrected chi connectivity index (χ4v) is 8.83. The number of para-hydroxylation sites is 2. The van der Waals surface area contributed by atoms with Crippen LogP contribution in [0.3, 0.4) is 0 Å². The number of hydroxylamine groups is 1. The van der Waals surface area contributed by atoms with Crippen LogP contribution in [0.5, 0.6) is 0 Å². The van der Waals surface area contributed by atoms with Crippen LogP contribution >= 0.6 is 0 Å². The van der Waals surface area contributed by atoms with Gasteiger partial charge in [0, 0.05) is 73.7 Å². The maximum absolute atomic E-state index is 13.0. The number of aryl methyl sites for hydroxylation is 4. The third kappa shape index (κ3) is 11.5. The van der Waals surface area contributed by atoms with Gasteiger partial charge in [-0.15, -0.1) is 0 Å². The Balaban J connectivity index is 0.000000155. The van der Waals surface area contributed by atoms with Gasteiger partial charge in [0.15, 0.2) is 12.6 Å². The number of carboxylic acids is 1. The van der Waals surface area contributed by atoms with E-state index in [0.717, 1.165) is 99.3 Å². The summed E-state index contributed by atoms with van der Waals surface area (Å²) in [6.07, 6.45) is 13.9. The molecule has 3 amide bonds. The van der Waals surface area contributed by atoms with Gasteiger partial charge in [-0.1, -0.05) is 60.7 Å². The number of amides is 3. The van der Waals surface area contributed by atoms with Crippen LogP contribution in [0.15, 0.2) is 97.3 Å². The Labute approximate surface area is 377 Å². The third-order valence-electron chi connectivity index (χ3n) is 12.0. The standard InChI is InChI=1S/C25H27N3O4.C20H18N2O3.C5H11NO2/c29-22(27-32-23-8-1-2-14-31-23)15-17-9-11-19(12-10-17)26-25(30)21-16-28-13-4-6-18-5-3-7-20(21)24(18)28;23-18(24)11-13-6-8-15(9-7-13)21-20(25)17-12-22-10-2-4-14-3-1-5-16(17)19(14)22;6-8-5-3-1-2-4-7-5/h3,5,7,9-12,16,23H,1-2,4,6,8,13-15H2,(H,26,30)(H,27,29);1,3,5-9,12H,2,4,10-11H2,(H,21,25)(H,23,24);5H,1-4,6H2. The van der Waals surface area contributed by atoms with Gasteiger partial charge in [-0.05, 0) is 97.9 Å². The van der Waals surface area contributed by atoms with Crippen molar-refractivity contribution >= 4 is 56.9 Å². The van der Waals surface area contributed by atoms with E-state index in [1.165, 1.54) is 23.1 Å². The second kappa shape index (κ2) is 21.5. The maximum Gasteiger partial charge on any atom is 0.307 e. The number of nitrogens with two attached hydrogens (primary N) is 1. The molecule has 4 aliphatic rings. The number of hydrogen-bond donors (Lipinski definition) is 5.